The van der Waals surface area contributed by atoms with Crippen molar-refractivity contribution in [3.05, 3.63) is 101 Å². The van der Waals surface area contributed by atoms with Crippen LogP contribution in [0.3, 0.4) is 0 Å². The lowest BCUT2D eigenvalue weighted by Crippen LogP contribution is -2.45. The number of rotatable bonds is 7. The summed E-state index contributed by atoms with van der Waals surface area (Å²) in [5, 5.41) is 9.13. The number of benzene rings is 3. The van der Waals surface area contributed by atoms with E-state index >= 15 is 0 Å². The Labute approximate surface area is 190 Å². The van der Waals surface area contributed by atoms with Crippen molar-refractivity contribution in [1.82, 2.24) is 15.1 Å². The zero-order valence-corrected chi connectivity index (χ0v) is 18.1. The molecule has 166 valence electrons. The van der Waals surface area contributed by atoms with Crippen LogP contribution in [-0.2, 0) is 27.3 Å². The van der Waals surface area contributed by atoms with Crippen LogP contribution in [0.1, 0.15) is 5.56 Å². The number of fused-ring (bicyclic) bond motifs is 1. The Morgan fingerprint density at radius 2 is 1.67 bits per heavy atom. The van der Waals surface area contributed by atoms with Crippen LogP contribution in [-0.4, -0.2) is 34.8 Å². The molecule has 0 fully saturated rings. The topological polar surface area (TPSA) is 90.3 Å². The summed E-state index contributed by atoms with van der Waals surface area (Å²) in [6, 6.07) is 25.2. The third-order valence-electron chi connectivity index (χ3n) is 5.33. The third kappa shape index (κ3) is 5.15. The van der Waals surface area contributed by atoms with Crippen LogP contribution in [0, 0.1) is 0 Å². The van der Waals surface area contributed by atoms with Crippen LogP contribution >= 0.6 is 0 Å². The molecule has 0 aliphatic carbocycles. The van der Waals surface area contributed by atoms with Gasteiger partial charge in [-0.1, -0.05) is 72.8 Å². The average Bonchev–Trinajstić information content (AvgIpc) is 2.85. The minimum atomic E-state index is -0.873. The second-order valence-corrected chi connectivity index (χ2v) is 7.57. The number of nitrogens with zero attached hydrogens (tertiary/aromatic N) is 2. The highest BCUT2D eigenvalue weighted by Crippen LogP contribution is 2.26. The molecular formula is C26H23N3O4. The van der Waals surface area contributed by atoms with Gasteiger partial charge in [-0.05, 0) is 22.4 Å². The molecule has 4 rings (SSSR count). The molecule has 33 heavy (non-hydrogen) atoms. The molecule has 0 unspecified atom stereocenters. The van der Waals surface area contributed by atoms with E-state index in [9.17, 15) is 14.4 Å². The molecule has 0 saturated carbocycles. The number of nitrogens with one attached hydrogen (secondary N) is 1. The molecule has 3 aromatic carbocycles. The van der Waals surface area contributed by atoms with Crippen molar-refractivity contribution < 1.29 is 14.3 Å². The van der Waals surface area contributed by atoms with Gasteiger partial charge in [0.05, 0.1) is 12.8 Å². The lowest BCUT2D eigenvalue weighted by atomic mass is 10.0. The van der Waals surface area contributed by atoms with E-state index in [1.165, 1.54) is 13.2 Å². The maximum atomic E-state index is 12.7. The largest absolute Gasteiger partial charge is 0.467 e. The van der Waals surface area contributed by atoms with Crippen molar-refractivity contribution in [3.8, 4) is 11.3 Å². The molecule has 0 spiro atoms. The fourth-order valence-electron chi connectivity index (χ4n) is 3.72. The van der Waals surface area contributed by atoms with Gasteiger partial charge in [-0.15, -0.1) is 0 Å². The van der Waals surface area contributed by atoms with Crippen molar-refractivity contribution in [1.29, 1.82) is 0 Å². The van der Waals surface area contributed by atoms with E-state index < -0.39 is 23.5 Å². The summed E-state index contributed by atoms with van der Waals surface area (Å²) in [6.45, 7) is -0.320. The van der Waals surface area contributed by atoms with Gasteiger partial charge in [-0.2, -0.15) is 5.10 Å². The number of carbonyl (C=O) groups is 2. The summed E-state index contributed by atoms with van der Waals surface area (Å²) in [4.78, 5) is 37.3. The third-order valence-corrected chi connectivity index (χ3v) is 5.33. The minimum absolute atomic E-state index is 0.275. The summed E-state index contributed by atoms with van der Waals surface area (Å²) in [5.41, 5.74) is 1.90. The predicted octanol–water partition coefficient (Wildman–Crippen LogP) is 2.96. The number of hydrogen-bond acceptors (Lipinski definition) is 5. The molecule has 1 atom stereocenters. The zero-order valence-electron chi connectivity index (χ0n) is 18.1. The Hall–Kier alpha value is -4.26. The fourth-order valence-corrected chi connectivity index (χ4v) is 3.72. The fraction of sp³-hybridized carbons (Fsp3) is 0.154. The van der Waals surface area contributed by atoms with Gasteiger partial charge in [-0.3, -0.25) is 9.59 Å². The Morgan fingerprint density at radius 3 is 2.45 bits per heavy atom. The van der Waals surface area contributed by atoms with Gasteiger partial charge in [0, 0.05) is 18.1 Å². The highest BCUT2D eigenvalue weighted by atomic mass is 16.5. The zero-order chi connectivity index (χ0) is 23.2. The van der Waals surface area contributed by atoms with Crippen LogP contribution in [0.15, 0.2) is 89.7 Å². The first-order chi connectivity index (χ1) is 16.0. The van der Waals surface area contributed by atoms with E-state index in [4.69, 9.17) is 4.74 Å². The number of amides is 1. The predicted molar refractivity (Wildman–Crippen MR) is 126 cm³/mol. The van der Waals surface area contributed by atoms with Crippen molar-refractivity contribution in [2.24, 2.45) is 0 Å². The van der Waals surface area contributed by atoms with E-state index in [0.717, 1.165) is 26.6 Å². The van der Waals surface area contributed by atoms with Gasteiger partial charge < -0.3 is 10.1 Å². The summed E-state index contributed by atoms with van der Waals surface area (Å²) in [6.07, 6.45) is 0.275. The second-order valence-electron chi connectivity index (χ2n) is 7.57. The molecule has 0 radical (unpaired) electrons. The lowest BCUT2D eigenvalue weighted by Gasteiger charge is -2.17. The van der Waals surface area contributed by atoms with Crippen molar-refractivity contribution in [2.75, 3.05) is 7.11 Å². The molecule has 1 amide bonds. The highest BCUT2D eigenvalue weighted by molar-refractivity contribution is 5.95. The number of ether oxygens (including phenoxy) is 1. The second kappa shape index (κ2) is 9.91. The maximum Gasteiger partial charge on any atom is 0.328 e. The molecule has 4 aromatic rings. The van der Waals surface area contributed by atoms with E-state index in [0.29, 0.717) is 5.69 Å². The molecule has 0 bridgehead atoms. The van der Waals surface area contributed by atoms with E-state index in [2.05, 4.69) is 10.4 Å². The van der Waals surface area contributed by atoms with Gasteiger partial charge in [0.1, 0.15) is 12.6 Å². The normalized spacial score (nSPS) is 11.7. The monoisotopic (exact) mass is 441 g/mol. The van der Waals surface area contributed by atoms with Crippen LogP contribution in [0.5, 0.6) is 0 Å². The summed E-state index contributed by atoms with van der Waals surface area (Å²) < 4.78 is 5.94. The molecule has 0 aliphatic rings. The summed E-state index contributed by atoms with van der Waals surface area (Å²) in [5.74, 6) is -1.07. The molecule has 7 heteroatoms. The first kappa shape index (κ1) is 22.0. The lowest BCUT2D eigenvalue weighted by molar-refractivity contribution is -0.145. The summed E-state index contributed by atoms with van der Waals surface area (Å²) >= 11 is 0. The molecular weight excluding hydrogens is 418 g/mol. The Kier molecular flexibility index (Phi) is 6.59. The average molecular weight is 441 g/mol. The van der Waals surface area contributed by atoms with Crippen LogP contribution in [0.2, 0.25) is 0 Å². The van der Waals surface area contributed by atoms with Gasteiger partial charge >= 0.3 is 5.97 Å². The standard InChI is InChI=1S/C26H23N3O4/c1-33-26(32)23(16-18-8-3-2-4-9-18)27-24(30)17-29-25(31)15-14-22(28-29)21-13-7-11-19-10-5-6-12-20(19)21/h2-15,23H,16-17H2,1H3,(H,27,30)/t23-/m1/s1. The number of methoxy groups -OCH3 is 1. The van der Waals surface area contributed by atoms with Gasteiger partial charge in [-0.25, -0.2) is 9.48 Å². The molecule has 1 N–H and O–H groups in total. The van der Waals surface area contributed by atoms with Gasteiger partial charge in [0.15, 0.2) is 0 Å². The SMILES string of the molecule is COC(=O)[C@@H](Cc1ccccc1)NC(=O)Cn1nc(-c2cccc3ccccc23)ccc1=O. The first-order valence-electron chi connectivity index (χ1n) is 10.5. The van der Waals surface area contributed by atoms with Gasteiger partial charge in [0.2, 0.25) is 5.91 Å². The maximum absolute atomic E-state index is 12.7. The Bertz CT molecular complexity index is 1340. The number of aromatic nitrogens is 2. The van der Waals surface area contributed by atoms with Crippen molar-refractivity contribution >= 4 is 22.6 Å². The quantitative estimate of drug-likeness (QED) is 0.446. The molecule has 1 aromatic heterocycles. The number of hydrogen-bond donors (Lipinski definition) is 1. The smallest absolute Gasteiger partial charge is 0.328 e. The first-order valence-corrected chi connectivity index (χ1v) is 10.5. The van der Waals surface area contributed by atoms with E-state index in [-0.39, 0.29) is 13.0 Å². The van der Waals surface area contributed by atoms with Crippen molar-refractivity contribution in [3.63, 3.8) is 0 Å². The molecule has 0 aliphatic heterocycles. The molecule has 7 nitrogen and oxygen atoms in total. The molecule has 0 saturated heterocycles. The van der Waals surface area contributed by atoms with Crippen LogP contribution in [0.25, 0.3) is 22.0 Å². The Balaban J connectivity index is 1.56. The van der Waals surface area contributed by atoms with E-state index in [1.54, 1.807) is 6.07 Å². The number of carbonyl (C=O) groups excluding carboxylic acids is 2. The van der Waals surface area contributed by atoms with E-state index in [1.807, 2.05) is 72.8 Å². The summed E-state index contributed by atoms with van der Waals surface area (Å²) in [7, 11) is 1.27. The Morgan fingerprint density at radius 1 is 0.939 bits per heavy atom. The number of esters is 1. The van der Waals surface area contributed by atoms with Crippen LogP contribution < -0.4 is 10.9 Å². The molecule has 1 heterocycles. The highest BCUT2D eigenvalue weighted by Gasteiger charge is 2.22. The minimum Gasteiger partial charge on any atom is -0.467 e. The van der Waals surface area contributed by atoms with Gasteiger partial charge in [0.25, 0.3) is 5.56 Å². The van der Waals surface area contributed by atoms with Crippen LogP contribution in [0.4, 0.5) is 0 Å². The van der Waals surface area contributed by atoms with Crippen molar-refractivity contribution in [2.45, 2.75) is 19.0 Å².